The number of nitrogens with one attached hydrogen (secondary N) is 2. The first-order chi connectivity index (χ1) is 10.9. The first-order valence-corrected chi connectivity index (χ1v) is 8.02. The molecule has 3 rings (SSSR count). The Morgan fingerprint density at radius 3 is 2.87 bits per heavy atom. The smallest absolute Gasteiger partial charge is 0.274 e. The summed E-state index contributed by atoms with van der Waals surface area (Å²) in [7, 11) is 0. The summed E-state index contributed by atoms with van der Waals surface area (Å²) >= 11 is 0. The summed E-state index contributed by atoms with van der Waals surface area (Å²) in [5.41, 5.74) is 0.532. The maximum absolute atomic E-state index is 12.5. The molecule has 1 aromatic rings. The summed E-state index contributed by atoms with van der Waals surface area (Å²) in [6, 6.07) is 3.80. The monoisotopic (exact) mass is 319 g/mol. The number of nitriles is 1. The number of aromatic nitrogens is 2. The molecule has 2 N–H and O–H groups in total. The van der Waals surface area contributed by atoms with Crippen LogP contribution < -0.4 is 5.32 Å². The second-order valence-corrected chi connectivity index (χ2v) is 6.77. The highest BCUT2D eigenvalue weighted by Gasteiger charge is 2.51. The Balaban J connectivity index is 0.00000156. The van der Waals surface area contributed by atoms with Crippen molar-refractivity contribution < 1.29 is 12.4 Å². The van der Waals surface area contributed by atoms with Crippen LogP contribution in [-0.2, 0) is 4.79 Å². The number of rotatable bonds is 4. The van der Waals surface area contributed by atoms with Crippen LogP contribution in [0.4, 0.5) is 0 Å². The van der Waals surface area contributed by atoms with Crippen molar-refractivity contribution in [2.75, 3.05) is 13.1 Å². The minimum Gasteiger partial charge on any atom is -0.350 e. The van der Waals surface area contributed by atoms with Gasteiger partial charge in [0.15, 0.2) is 0 Å². The minimum atomic E-state index is -0.814. The van der Waals surface area contributed by atoms with Crippen molar-refractivity contribution in [3.05, 3.63) is 17.5 Å². The van der Waals surface area contributed by atoms with Gasteiger partial charge < -0.3 is 10.2 Å². The highest BCUT2D eigenvalue weighted by molar-refractivity contribution is 5.93. The van der Waals surface area contributed by atoms with Crippen LogP contribution in [-0.4, -0.2) is 46.0 Å². The van der Waals surface area contributed by atoms with Crippen LogP contribution >= 0.6 is 0 Å². The fraction of sp³-hybridized carbons (Fsp3) is 0.625. The number of nitrogens with zero attached hydrogens (tertiary/aromatic N) is 3. The zero-order valence-corrected chi connectivity index (χ0v) is 13.4. The number of carbonyl (C=O) groups excluding carboxylic acids is 2. The molecule has 0 unspecified atom stereocenters. The predicted molar refractivity (Wildman–Crippen MR) is 86.6 cm³/mol. The highest BCUT2D eigenvalue weighted by atomic mass is 16.2. The number of hydrogen-bond acceptors (Lipinski definition) is 4. The molecule has 7 heteroatoms. The van der Waals surface area contributed by atoms with Crippen LogP contribution in [0.1, 0.15) is 58.1 Å². The van der Waals surface area contributed by atoms with Gasteiger partial charge in [0.25, 0.3) is 5.91 Å². The lowest BCUT2D eigenvalue weighted by atomic mass is 10.1. The zero-order chi connectivity index (χ0) is 16.6. The average molecular weight is 319 g/mol. The van der Waals surface area contributed by atoms with Crippen molar-refractivity contribution in [3.63, 3.8) is 0 Å². The normalized spacial score (nSPS) is 22.0. The number of hydrogen-bond donors (Lipinski definition) is 2. The molecule has 1 saturated heterocycles. The molecule has 23 heavy (non-hydrogen) atoms. The molecule has 2 heterocycles. The molecule has 0 aromatic carbocycles. The summed E-state index contributed by atoms with van der Waals surface area (Å²) in [5.74, 6) is -0.0251. The summed E-state index contributed by atoms with van der Waals surface area (Å²) in [6.45, 7) is 5.13. The third kappa shape index (κ3) is 2.93. The van der Waals surface area contributed by atoms with Crippen molar-refractivity contribution in [1.82, 2.24) is 20.4 Å². The fourth-order valence-electron chi connectivity index (χ4n) is 2.80. The lowest BCUT2D eigenvalue weighted by Crippen LogP contribution is -2.41. The molecule has 1 saturated carbocycles. The lowest BCUT2D eigenvalue weighted by Gasteiger charge is -2.17. The molecule has 0 spiro atoms. The van der Waals surface area contributed by atoms with Gasteiger partial charge in [-0.25, -0.2) is 0 Å². The van der Waals surface area contributed by atoms with Crippen molar-refractivity contribution in [2.24, 2.45) is 5.41 Å². The van der Waals surface area contributed by atoms with Crippen molar-refractivity contribution >= 4 is 11.8 Å². The summed E-state index contributed by atoms with van der Waals surface area (Å²) in [6.07, 6.45) is 1.98. The first-order valence-electron chi connectivity index (χ1n) is 8.02. The van der Waals surface area contributed by atoms with Gasteiger partial charge in [0.2, 0.25) is 5.91 Å². The van der Waals surface area contributed by atoms with Gasteiger partial charge in [-0.1, -0.05) is 13.8 Å². The zero-order valence-electron chi connectivity index (χ0n) is 13.4. The molecule has 1 aliphatic carbocycles. The molecule has 0 radical (unpaired) electrons. The van der Waals surface area contributed by atoms with E-state index in [1.54, 1.807) is 11.0 Å². The van der Waals surface area contributed by atoms with E-state index in [9.17, 15) is 9.59 Å². The molecule has 2 aliphatic rings. The van der Waals surface area contributed by atoms with Crippen molar-refractivity contribution in [2.45, 2.75) is 45.1 Å². The number of aromatic amines is 1. The maximum Gasteiger partial charge on any atom is 0.274 e. The highest BCUT2D eigenvalue weighted by Crippen LogP contribution is 2.45. The van der Waals surface area contributed by atoms with Gasteiger partial charge in [-0.3, -0.25) is 14.7 Å². The molecular formula is C16H25N5O2. The SMILES string of the molecule is CC(C)c1cc(C(=O)N2CC[C@@H](NC(=O)C3(C#N)CC3)C2)n[nH]1.[HH].[HH]. The van der Waals surface area contributed by atoms with Gasteiger partial charge in [0.1, 0.15) is 11.1 Å². The Morgan fingerprint density at radius 2 is 2.30 bits per heavy atom. The van der Waals surface area contributed by atoms with Gasteiger partial charge in [-0.15, -0.1) is 0 Å². The van der Waals surface area contributed by atoms with E-state index in [1.807, 2.05) is 13.8 Å². The van der Waals surface area contributed by atoms with Gasteiger partial charge in [-0.05, 0) is 31.2 Å². The second kappa shape index (κ2) is 5.69. The quantitative estimate of drug-likeness (QED) is 0.881. The topological polar surface area (TPSA) is 102 Å². The predicted octanol–water partition coefficient (Wildman–Crippen LogP) is 1.66. The van der Waals surface area contributed by atoms with Gasteiger partial charge in [0, 0.05) is 27.7 Å². The average Bonchev–Trinajstić information content (AvgIpc) is 2.97. The Hall–Kier alpha value is -2.36. The summed E-state index contributed by atoms with van der Waals surface area (Å²) in [5, 5.41) is 18.9. The van der Waals surface area contributed by atoms with E-state index in [0.717, 1.165) is 5.69 Å². The van der Waals surface area contributed by atoms with Crippen molar-refractivity contribution in [1.29, 1.82) is 5.26 Å². The molecule has 0 bridgehead atoms. The first kappa shape index (κ1) is 15.5. The number of amides is 2. The molecule has 2 amide bonds. The summed E-state index contributed by atoms with van der Waals surface area (Å²) in [4.78, 5) is 26.2. The molecule has 2 fully saturated rings. The Morgan fingerprint density at radius 1 is 1.57 bits per heavy atom. The lowest BCUT2D eigenvalue weighted by molar-refractivity contribution is -0.125. The van der Waals surface area contributed by atoms with Crippen LogP contribution in [0.3, 0.4) is 0 Å². The van der Waals surface area contributed by atoms with Crippen LogP contribution in [0.15, 0.2) is 6.07 Å². The van der Waals surface area contributed by atoms with E-state index in [2.05, 4.69) is 21.6 Å². The number of H-pyrrole nitrogens is 1. The van der Waals surface area contributed by atoms with E-state index in [-0.39, 0.29) is 26.6 Å². The van der Waals surface area contributed by atoms with E-state index >= 15 is 0 Å². The molecule has 126 valence electrons. The standard InChI is InChI=1S/C16H21N5O2.2H2/c1-10(2)12-7-13(20-19-12)14(22)21-6-3-11(8-21)18-15(23)16(9-17)4-5-16;;/h7,10-11H,3-6,8H2,1-2H3,(H,18,23)(H,19,20);2*1H/t11-;;/m1../s1. The maximum atomic E-state index is 12.5. The van der Waals surface area contributed by atoms with Gasteiger partial charge >= 0.3 is 0 Å². The van der Waals surface area contributed by atoms with E-state index in [1.165, 1.54) is 0 Å². The van der Waals surface area contributed by atoms with E-state index < -0.39 is 5.41 Å². The van der Waals surface area contributed by atoms with Crippen LogP contribution in [0.25, 0.3) is 0 Å². The van der Waals surface area contributed by atoms with Crippen LogP contribution in [0, 0.1) is 16.7 Å². The van der Waals surface area contributed by atoms with Crippen molar-refractivity contribution in [3.8, 4) is 6.07 Å². The molecule has 1 aromatic heterocycles. The van der Waals surface area contributed by atoms with E-state index in [0.29, 0.717) is 38.0 Å². The summed E-state index contributed by atoms with van der Waals surface area (Å²) < 4.78 is 0. The minimum absolute atomic E-state index is 0. The van der Waals surface area contributed by atoms with Crippen LogP contribution in [0.5, 0.6) is 0 Å². The van der Waals surface area contributed by atoms with E-state index in [4.69, 9.17) is 5.26 Å². The van der Waals surface area contributed by atoms with Crippen LogP contribution in [0.2, 0.25) is 0 Å². The Bertz CT molecular complexity index is 678. The molecule has 1 aliphatic heterocycles. The third-order valence-corrected chi connectivity index (χ3v) is 4.65. The Labute approximate surface area is 138 Å². The fourth-order valence-corrected chi connectivity index (χ4v) is 2.80. The number of carbonyl (C=O) groups is 2. The Kier molecular flexibility index (Phi) is 3.84. The molecular weight excluding hydrogens is 294 g/mol. The second-order valence-electron chi connectivity index (χ2n) is 6.77. The number of likely N-dealkylation sites (tertiary alicyclic amines) is 1. The van der Waals surface area contributed by atoms with Gasteiger partial charge in [-0.2, -0.15) is 10.4 Å². The molecule has 7 nitrogen and oxygen atoms in total. The molecule has 1 atom stereocenters. The van der Waals surface area contributed by atoms with Gasteiger partial charge in [0.05, 0.1) is 6.07 Å². The third-order valence-electron chi connectivity index (χ3n) is 4.65. The largest absolute Gasteiger partial charge is 0.350 e.